The molecule has 0 saturated carbocycles. The van der Waals surface area contributed by atoms with E-state index in [2.05, 4.69) is 48.5 Å². The number of benzene rings is 1. The monoisotopic (exact) mass is 425 g/mol. The Morgan fingerprint density at radius 1 is 1.17 bits per heavy atom. The molecule has 1 aromatic carbocycles. The van der Waals surface area contributed by atoms with Gasteiger partial charge in [0, 0.05) is 18.1 Å². The number of hydrogen-bond donors (Lipinski definition) is 1. The minimum absolute atomic E-state index is 0.198. The summed E-state index contributed by atoms with van der Waals surface area (Å²) >= 11 is 1.59. The molecule has 3 rings (SSSR count). The van der Waals surface area contributed by atoms with E-state index in [0.717, 1.165) is 16.9 Å². The molecule has 2 unspecified atom stereocenters. The summed E-state index contributed by atoms with van der Waals surface area (Å²) in [5.74, 6) is 0.164. The lowest BCUT2D eigenvalue weighted by Gasteiger charge is -2.19. The minimum Gasteiger partial charge on any atom is -0.383 e. The maximum absolute atomic E-state index is 13.0. The van der Waals surface area contributed by atoms with Gasteiger partial charge in [-0.05, 0) is 41.0 Å². The van der Waals surface area contributed by atoms with E-state index in [1.165, 1.54) is 22.4 Å². The topological polar surface area (TPSA) is 73.2 Å². The van der Waals surface area contributed by atoms with Crippen LogP contribution in [0.2, 0.25) is 0 Å². The largest absolute Gasteiger partial charge is 0.383 e. The summed E-state index contributed by atoms with van der Waals surface area (Å²) in [4.78, 5) is 26.0. The van der Waals surface area contributed by atoms with Crippen LogP contribution in [0.3, 0.4) is 0 Å². The Hall–Kier alpha value is -2.77. The summed E-state index contributed by atoms with van der Waals surface area (Å²) in [6.07, 6.45) is 1.08. The maximum Gasteiger partial charge on any atom is 0.272 e. The molecule has 0 aliphatic heterocycles. The van der Waals surface area contributed by atoms with E-state index in [1.807, 2.05) is 17.5 Å². The number of ether oxygens (including phenoxy) is 1. The fraction of sp³-hybridized carbons (Fsp3) is 0.348. The minimum atomic E-state index is -0.328. The molecular formula is C23H27N3O3S. The molecule has 2 aromatic heterocycles. The van der Waals surface area contributed by atoms with E-state index in [1.54, 1.807) is 18.4 Å². The van der Waals surface area contributed by atoms with Gasteiger partial charge in [0.25, 0.3) is 11.5 Å². The highest BCUT2D eigenvalue weighted by Gasteiger charge is 2.20. The molecule has 158 valence electrons. The molecule has 0 spiro atoms. The Kier molecular flexibility index (Phi) is 7.54. The summed E-state index contributed by atoms with van der Waals surface area (Å²) in [5.41, 5.74) is 2.22. The standard InChI is InChI=1S/C23H27N3O3S/c1-4-16(2)17-7-9-18(10-8-17)22(20-6-5-15-30-20)24-23(28)19-11-12-21(27)26(25-19)13-14-29-3/h5-12,15-16,22H,4,13-14H2,1-3H3,(H,24,28). The normalized spacial score (nSPS) is 13.0. The molecule has 2 heterocycles. The number of aromatic nitrogens is 2. The van der Waals surface area contributed by atoms with Gasteiger partial charge in [-0.1, -0.05) is 44.2 Å². The van der Waals surface area contributed by atoms with Crippen LogP contribution >= 0.6 is 11.3 Å². The fourth-order valence-electron chi connectivity index (χ4n) is 3.14. The first-order valence-electron chi connectivity index (χ1n) is 10.0. The van der Waals surface area contributed by atoms with Crippen molar-refractivity contribution >= 4 is 17.2 Å². The second-order valence-corrected chi connectivity index (χ2v) is 8.15. The molecule has 0 radical (unpaired) electrons. The molecule has 0 fully saturated rings. The molecule has 2 atom stereocenters. The lowest BCUT2D eigenvalue weighted by Crippen LogP contribution is -2.32. The van der Waals surface area contributed by atoms with Crippen molar-refractivity contribution in [2.45, 2.75) is 38.8 Å². The fourth-order valence-corrected chi connectivity index (χ4v) is 3.94. The van der Waals surface area contributed by atoms with Crippen LogP contribution in [0.25, 0.3) is 0 Å². The predicted octanol–water partition coefficient (Wildman–Crippen LogP) is 3.98. The number of methoxy groups -OCH3 is 1. The van der Waals surface area contributed by atoms with Gasteiger partial charge in [0.1, 0.15) is 5.69 Å². The van der Waals surface area contributed by atoms with Gasteiger partial charge in [-0.2, -0.15) is 5.10 Å². The average molecular weight is 426 g/mol. The summed E-state index contributed by atoms with van der Waals surface area (Å²) in [5, 5.41) is 9.27. The Bertz CT molecular complexity index is 1010. The van der Waals surface area contributed by atoms with E-state index in [9.17, 15) is 9.59 Å². The number of nitrogens with one attached hydrogen (secondary N) is 1. The molecule has 1 amide bonds. The number of rotatable bonds is 9. The highest BCUT2D eigenvalue weighted by molar-refractivity contribution is 7.10. The number of amides is 1. The van der Waals surface area contributed by atoms with Crippen molar-refractivity contribution in [3.63, 3.8) is 0 Å². The number of carbonyl (C=O) groups excluding carboxylic acids is 1. The van der Waals surface area contributed by atoms with Crippen molar-refractivity contribution in [2.24, 2.45) is 0 Å². The number of carbonyl (C=O) groups is 1. The third-order valence-corrected chi connectivity index (χ3v) is 6.10. The van der Waals surface area contributed by atoms with Crippen LogP contribution in [0.4, 0.5) is 0 Å². The molecule has 0 bridgehead atoms. The highest BCUT2D eigenvalue weighted by atomic mass is 32.1. The Labute approximate surface area is 180 Å². The summed E-state index contributed by atoms with van der Waals surface area (Å²) in [7, 11) is 1.56. The number of hydrogen-bond acceptors (Lipinski definition) is 5. The van der Waals surface area contributed by atoms with Gasteiger partial charge in [-0.3, -0.25) is 9.59 Å². The van der Waals surface area contributed by atoms with Crippen LogP contribution in [-0.2, 0) is 11.3 Å². The van der Waals surface area contributed by atoms with Crippen molar-refractivity contribution in [3.8, 4) is 0 Å². The molecule has 6 nitrogen and oxygen atoms in total. The second-order valence-electron chi connectivity index (χ2n) is 7.17. The van der Waals surface area contributed by atoms with Gasteiger partial charge in [0.15, 0.2) is 0 Å². The van der Waals surface area contributed by atoms with E-state index >= 15 is 0 Å². The van der Waals surface area contributed by atoms with E-state index < -0.39 is 0 Å². The van der Waals surface area contributed by atoms with Crippen LogP contribution < -0.4 is 10.9 Å². The second kappa shape index (κ2) is 10.3. The maximum atomic E-state index is 13.0. The number of thiophene rings is 1. The SMILES string of the molecule is CCC(C)c1ccc(C(NC(=O)c2ccc(=O)n(CCOC)n2)c2cccs2)cc1. The van der Waals surface area contributed by atoms with Crippen molar-refractivity contribution in [1.29, 1.82) is 0 Å². The zero-order valence-corrected chi connectivity index (χ0v) is 18.3. The molecule has 3 aromatic rings. The summed E-state index contributed by atoms with van der Waals surface area (Å²) < 4.78 is 6.26. The van der Waals surface area contributed by atoms with Crippen molar-refractivity contribution < 1.29 is 9.53 Å². The molecule has 1 N–H and O–H groups in total. The smallest absolute Gasteiger partial charge is 0.272 e. The summed E-state index contributed by atoms with van der Waals surface area (Å²) in [6.45, 7) is 5.02. The van der Waals surface area contributed by atoms with Crippen molar-refractivity contribution in [2.75, 3.05) is 13.7 Å². The number of nitrogens with zero attached hydrogens (tertiary/aromatic N) is 2. The van der Waals surface area contributed by atoms with Crippen LogP contribution in [-0.4, -0.2) is 29.4 Å². The first-order valence-corrected chi connectivity index (χ1v) is 10.9. The lowest BCUT2D eigenvalue weighted by molar-refractivity contribution is 0.0934. The zero-order valence-electron chi connectivity index (χ0n) is 17.5. The third kappa shape index (κ3) is 5.23. The third-order valence-electron chi connectivity index (χ3n) is 5.16. The van der Waals surface area contributed by atoms with Crippen LogP contribution in [0.5, 0.6) is 0 Å². The van der Waals surface area contributed by atoms with Gasteiger partial charge in [-0.15, -0.1) is 11.3 Å². The first kappa shape index (κ1) is 21.9. The Balaban J connectivity index is 1.86. The van der Waals surface area contributed by atoms with Crippen molar-refractivity contribution in [3.05, 3.63) is 86.0 Å². The lowest BCUT2D eigenvalue weighted by atomic mass is 9.95. The van der Waals surface area contributed by atoms with Crippen LogP contribution in [0.1, 0.15) is 58.7 Å². The average Bonchev–Trinajstić information content (AvgIpc) is 3.31. The van der Waals surface area contributed by atoms with Crippen LogP contribution in [0.15, 0.2) is 58.7 Å². The van der Waals surface area contributed by atoms with Gasteiger partial charge >= 0.3 is 0 Å². The van der Waals surface area contributed by atoms with Crippen molar-refractivity contribution in [1.82, 2.24) is 15.1 Å². The Morgan fingerprint density at radius 3 is 2.53 bits per heavy atom. The Morgan fingerprint density at radius 2 is 1.90 bits per heavy atom. The zero-order chi connectivity index (χ0) is 21.5. The summed E-state index contributed by atoms with van der Waals surface area (Å²) in [6, 6.07) is 14.9. The molecule has 0 saturated heterocycles. The van der Waals surface area contributed by atoms with E-state index in [0.29, 0.717) is 19.1 Å². The molecule has 0 aliphatic carbocycles. The van der Waals surface area contributed by atoms with Gasteiger partial charge < -0.3 is 10.1 Å². The van der Waals surface area contributed by atoms with Crippen LogP contribution in [0, 0.1) is 0 Å². The molecular weight excluding hydrogens is 398 g/mol. The van der Waals surface area contributed by atoms with Gasteiger partial charge in [0.05, 0.1) is 19.2 Å². The molecule has 7 heteroatoms. The predicted molar refractivity (Wildman–Crippen MR) is 119 cm³/mol. The van der Waals surface area contributed by atoms with E-state index in [-0.39, 0.29) is 23.2 Å². The van der Waals surface area contributed by atoms with Gasteiger partial charge in [0.2, 0.25) is 0 Å². The molecule has 0 aliphatic rings. The first-order chi connectivity index (χ1) is 14.5. The van der Waals surface area contributed by atoms with E-state index in [4.69, 9.17) is 4.74 Å². The highest BCUT2D eigenvalue weighted by Crippen LogP contribution is 2.28. The molecule has 30 heavy (non-hydrogen) atoms. The quantitative estimate of drug-likeness (QED) is 0.563. The van der Waals surface area contributed by atoms with Gasteiger partial charge in [-0.25, -0.2) is 4.68 Å².